The Labute approximate surface area is 168 Å². The molecule has 1 amide bonds. The average Bonchev–Trinajstić information content (AvgIpc) is 2.70. The van der Waals surface area contributed by atoms with Gasteiger partial charge in [0.1, 0.15) is 0 Å². The predicted molar refractivity (Wildman–Crippen MR) is 107 cm³/mol. The minimum Gasteiger partial charge on any atom is -0.455 e. The van der Waals surface area contributed by atoms with Crippen LogP contribution in [0.1, 0.15) is 64.2 Å². The third kappa shape index (κ3) is 6.17. The molecule has 0 radical (unpaired) electrons. The summed E-state index contributed by atoms with van der Waals surface area (Å²) in [5, 5.41) is 0. The van der Waals surface area contributed by atoms with Gasteiger partial charge in [0, 0.05) is 25.2 Å². The molecule has 1 aliphatic heterocycles. The van der Waals surface area contributed by atoms with Gasteiger partial charge in [-0.2, -0.15) is 0 Å². The Morgan fingerprint density at radius 1 is 0.857 bits per heavy atom. The molecule has 0 aromatic heterocycles. The minimum atomic E-state index is -2.97. The van der Waals surface area contributed by atoms with Gasteiger partial charge < -0.3 is 9.64 Å². The van der Waals surface area contributed by atoms with Crippen molar-refractivity contribution in [3.05, 3.63) is 0 Å². The molecule has 0 bridgehead atoms. The van der Waals surface area contributed by atoms with Crippen molar-refractivity contribution in [1.29, 1.82) is 0 Å². The van der Waals surface area contributed by atoms with Crippen LogP contribution >= 0.6 is 0 Å². The van der Waals surface area contributed by atoms with Gasteiger partial charge in [-0.15, -0.1) is 0 Å². The molecule has 1 heterocycles. The summed E-state index contributed by atoms with van der Waals surface area (Å²) in [7, 11) is -2.97. The Morgan fingerprint density at radius 2 is 1.36 bits per heavy atom. The summed E-state index contributed by atoms with van der Waals surface area (Å²) in [6, 6.07) is 0.575. The molecule has 2 saturated carbocycles. The SMILES string of the molecule is O=C(CN1CCS(=O)(=O)CC1)OCC(=O)N(C1CCCCC1)C1CCCCC1. The van der Waals surface area contributed by atoms with Gasteiger partial charge in [-0.05, 0) is 25.7 Å². The molecular formula is C20H34N2O5S. The Bertz CT molecular complexity index is 607. The van der Waals surface area contributed by atoms with Crippen LogP contribution in [-0.4, -0.2) is 79.9 Å². The predicted octanol–water partition coefficient (Wildman–Crippen LogP) is 1.75. The second kappa shape index (κ2) is 10.1. The van der Waals surface area contributed by atoms with Crippen molar-refractivity contribution < 1.29 is 22.7 Å². The molecule has 0 aromatic carbocycles. The monoisotopic (exact) mass is 414 g/mol. The van der Waals surface area contributed by atoms with Gasteiger partial charge in [-0.3, -0.25) is 14.5 Å². The highest BCUT2D eigenvalue weighted by atomic mass is 32.2. The maximum absolute atomic E-state index is 13.0. The van der Waals surface area contributed by atoms with E-state index >= 15 is 0 Å². The van der Waals surface area contributed by atoms with Crippen molar-refractivity contribution in [2.45, 2.75) is 76.3 Å². The average molecular weight is 415 g/mol. The lowest BCUT2D eigenvalue weighted by Crippen LogP contribution is -2.50. The zero-order valence-electron chi connectivity index (χ0n) is 16.8. The van der Waals surface area contributed by atoms with Crippen LogP contribution < -0.4 is 0 Å². The van der Waals surface area contributed by atoms with Crippen molar-refractivity contribution in [3.8, 4) is 0 Å². The van der Waals surface area contributed by atoms with Gasteiger partial charge in [0.2, 0.25) is 0 Å². The first-order valence-corrected chi connectivity index (χ1v) is 12.7. The molecule has 3 aliphatic rings. The molecule has 28 heavy (non-hydrogen) atoms. The van der Waals surface area contributed by atoms with E-state index in [9.17, 15) is 18.0 Å². The topological polar surface area (TPSA) is 84.0 Å². The van der Waals surface area contributed by atoms with Crippen LogP contribution in [0.5, 0.6) is 0 Å². The molecule has 0 aromatic rings. The molecule has 3 rings (SSSR count). The summed E-state index contributed by atoms with van der Waals surface area (Å²) < 4.78 is 28.3. The van der Waals surface area contributed by atoms with Crippen LogP contribution in [0.15, 0.2) is 0 Å². The molecule has 0 atom stereocenters. The zero-order chi connectivity index (χ0) is 20.0. The number of hydrogen-bond donors (Lipinski definition) is 0. The highest BCUT2D eigenvalue weighted by Crippen LogP contribution is 2.30. The van der Waals surface area contributed by atoms with E-state index in [1.165, 1.54) is 38.5 Å². The summed E-state index contributed by atoms with van der Waals surface area (Å²) in [6.45, 7) is 0.553. The van der Waals surface area contributed by atoms with E-state index in [0.29, 0.717) is 13.1 Å². The van der Waals surface area contributed by atoms with Gasteiger partial charge >= 0.3 is 5.97 Å². The highest BCUT2D eigenvalue weighted by Gasteiger charge is 2.33. The van der Waals surface area contributed by atoms with Crippen molar-refractivity contribution in [3.63, 3.8) is 0 Å². The second-order valence-electron chi connectivity index (χ2n) is 8.47. The molecule has 160 valence electrons. The normalized spacial score (nSPS) is 24.6. The fraction of sp³-hybridized carbons (Fsp3) is 0.900. The van der Waals surface area contributed by atoms with E-state index in [-0.39, 0.29) is 42.6 Å². The fourth-order valence-electron chi connectivity index (χ4n) is 4.78. The van der Waals surface area contributed by atoms with Crippen LogP contribution in [-0.2, 0) is 24.2 Å². The quantitative estimate of drug-likeness (QED) is 0.616. The maximum atomic E-state index is 13.0. The number of carbonyl (C=O) groups excluding carboxylic acids is 2. The Morgan fingerprint density at radius 3 is 1.86 bits per heavy atom. The number of ether oxygens (including phenoxy) is 1. The molecule has 0 spiro atoms. The Kier molecular flexibility index (Phi) is 7.74. The molecule has 2 aliphatic carbocycles. The van der Waals surface area contributed by atoms with Gasteiger partial charge in [-0.1, -0.05) is 38.5 Å². The number of amides is 1. The first-order valence-electron chi connectivity index (χ1n) is 10.8. The van der Waals surface area contributed by atoms with Gasteiger partial charge in [0.25, 0.3) is 5.91 Å². The molecule has 8 heteroatoms. The number of hydrogen-bond acceptors (Lipinski definition) is 6. The van der Waals surface area contributed by atoms with Crippen molar-refractivity contribution >= 4 is 21.7 Å². The van der Waals surface area contributed by atoms with E-state index in [1.54, 1.807) is 4.90 Å². The number of sulfone groups is 1. The number of esters is 1. The molecule has 7 nitrogen and oxygen atoms in total. The molecule has 0 N–H and O–H groups in total. The van der Waals surface area contributed by atoms with Gasteiger partial charge in [0.15, 0.2) is 16.4 Å². The van der Waals surface area contributed by atoms with E-state index in [4.69, 9.17) is 4.74 Å². The Balaban J connectivity index is 1.50. The summed E-state index contributed by atoms with van der Waals surface area (Å²) >= 11 is 0. The van der Waals surface area contributed by atoms with E-state index < -0.39 is 15.8 Å². The van der Waals surface area contributed by atoms with Crippen LogP contribution in [0.2, 0.25) is 0 Å². The molecular weight excluding hydrogens is 380 g/mol. The number of carbonyl (C=O) groups is 2. The van der Waals surface area contributed by atoms with E-state index in [2.05, 4.69) is 4.90 Å². The number of nitrogens with zero attached hydrogens (tertiary/aromatic N) is 2. The van der Waals surface area contributed by atoms with Crippen LogP contribution in [0.4, 0.5) is 0 Å². The lowest BCUT2D eigenvalue weighted by atomic mass is 9.88. The van der Waals surface area contributed by atoms with Gasteiger partial charge in [0.05, 0.1) is 18.1 Å². The highest BCUT2D eigenvalue weighted by molar-refractivity contribution is 7.91. The number of rotatable bonds is 6. The summed E-state index contributed by atoms with van der Waals surface area (Å²) in [6.07, 6.45) is 11.4. The third-order valence-corrected chi connectivity index (χ3v) is 7.98. The third-order valence-electron chi connectivity index (χ3n) is 6.37. The van der Waals surface area contributed by atoms with E-state index in [1.807, 2.05) is 0 Å². The second-order valence-corrected chi connectivity index (χ2v) is 10.8. The maximum Gasteiger partial charge on any atom is 0.320 e. The van der Waals surface area contributed by atoms with Crippen molar-refractivity contribution in [1.82, 2.24) is 9.80 Å². The molecule has 1 saturated heterocycles. The standard InChI is InChI=1S/C20H34N2O5S/c23-19(16-27-20(24)15-21-11-13-28(25,26)14-12-21)22(17-7-3-1-4-8-17)18-9-5-2-6-10-18/h17-18H,1-16H2. The lowest BCUT2D eigenvalue weighted by Gasteiger charge is -2.41. The van der Waals surface area contributed by atoms with Crippen molar-refractivity contribution in [2.24, 2.45) is 0 Å². The first-order chi connectivity index (χ1) is 13.4. The van der Waals surface area contributed by atoms with E-state index in [0.717, 1.165) is 25.7 Å². The molecule has 0 unspecified atom stereocenters. The molecule has 3 fully saturated rings. The lowest BCUT2D eigenvalue weighted by molar-refractivity contribution is -0.155. The van der Waals surface area contributed by atoms with Crippen LogP contribution in [0.3, 0.4) is 0 Å². The summed E-state index contributed by atoms with van der Waals surface area (Å²) in [4.78, 5) is 29.0. The largest absolute Gasteiger partial charge is 0.455 e. The smallest absolute Gasteiger partial charge is 0.320 e. The van der Waals surface area contributed by atoms with Crippen LogP contribution in [0.25, 0.3) is 0 Å². The first kappa shape index (κ1) is 21.6. The summed E-state index contributed by atoms with van der Waals surface area (Å²) in [5.74, 6) is -0.347. The fourth-order valence-corrected chi connectivity index (χ4v) is 6.05. The zero-order valence-corrected chi connectivity index (χ0v) is 17.6. The minimum absolute atomic E-state index is 0.0512. The Hall–Kier alpha value is -1.15. The summed E-state index contributed by atoms with van der Waals surface area (Å²) in [5.41, 5.74) is 0. The van der Waals surface area contributed by atoms with Crippen LogP contribution in [0, 0.1) is 0 Å². The van der Waals surface area contributed by atoms with Crippen molar-refractivity contribution in [2.75, 3.05) is 37.7 Å². The van der Waals surface area contributed by atoms with Gasteiger partial charge in [-0.25, -0.2) is 8.42 Å².